The van der Waals surface area contributed by atoms with Crippen LogP contribution in [0, 0.1) is 0 Å². The molecule has 0 spiro atoms. The third kappa shape index (κ3) is 2.74. The Balaban J connectivity index is 1.94. The van der Waals surface area contributed by atoms with Crippen LogP contribution in [0.3, 0.4) is 0 Å². The van der Waals surface area contributed by atoms with Gasteiger partial charge in [0.1, 0.15) is 5.52 Å². The van der Waals surface area contributed by atoms with Gasteiger partial charge in [-0.15, -0.1) is 0 Å². The van der Waals surface area contributed by atoms with Crippen molar-refractivity contribution in [2.24, 2.45) is 7.05 Å². The van der Waals surface area contributed by atoms with Crippen molar-refractivity contribution in [3.05, 3.63) is 59.2 Å². The van der Waals surface area contributed by atoms with Crippen LogP contribution in [-0.4, -0.2) is 27.8 Å². The first kappa shape index (κ1) is 16.4. The zero-order chi connectivity index (χ0) is 18.3. The molecule has 4 rings (SSSR count). The predicted molar refractivity (Wildman–Crippen MR) is 102 cm³/mol. The van der Waals surface area contributed by atoms with Crippen molar-refractivity contribution in [2.45, 2.75) is 0 Å². The van der Waals surface area contributed by atoms with Gasteiger partial charge < -0.3 is 10.1 Å². The number of hydrogen-bond donors (Lipinski definition) is 1. The number of ether oxygens (including phenoxy) is 1. The molecule has 1 N–H and O–H groups in total. The lowest BCUT2D eigenvalue weighted by Gasteiger charge is -2.11. The van der Waals surface area contributed by atoms with Gasteiger partial charge in [-0.3, -0.25) is 4.68 Å². The van der Waals surface area contributed by atoms with Gasteiger partial charge in [-0.05, 0) is 30.3 Å². The number of methoxy groups -OCH3 is 1. The van der Waals surface area contributed by atoms with Crippen molar-refractivity contribution < 1.29 is 9.53 Å². The number of hydrogen-bond acceptors (Lipinski definition) is 5. The van der Waals surface area contributed by atoms with Gasteiger partial charge >= 0.3 is 5.97 Å². The number of halogens is 1. The normalized spacial score (nSPS) is 11.0. The van der Waals surface area contributed by atoms with E-state index in [0.717, 1.165) is 22.0 Å². The highest BCUT2D eigenvalue weighted by Crippen LogP contribution is 2.31. The van der Waals surface area contributed by atoms with Gasteiger partial charge in [-0.25, -0.2) is 9.78 Å². The number of nitrogens with one attached hydrogen (secondary N) is 1. The first-order valence-corrected chi connectivity index (χ1v) is 8.31. The number of anilines is 2. The molecule has 0 saturated carbocycles. The molecular formula is C19H15ClN4O2. The Morgan fingerprint density at radius 2 is 2.04 bits per heavy atom. The number of nitrogens with zero attached hydrogens (tertiary/aromatic N) is 3. The van der Waals surface area contributed by atoms with E-state index in [0.29, 0.717) is 21.9 Å². The molecule has 0 saturated heterocycles. The summed E-state index contributed by atoms with van der Waals surface area (Å²) in [5, 5.41) is 10.1. The summed E-state index contributed by atoms with van der Waals surface area (Å²) in [6.07, 6.45) is 1.79. The van der Waals surface area contributed by atoms with Crippen molar-refractivity contribution in [3.8, 4) is 0 Å². The van der Waals surface area contributed by atoms with E-state index in [4.69, 9.17) is 21.3 Å². The summed E-state index contributed by atoms with van der Waals surface area (Å²) in [6.45, 7) is 0. The van der Waals surface area contributed by atoms with Crippen molar-refractivity contribution in [3.63, 3.8) is 0 Å². The van der Waals surface area contributed by atoms with Gasteiger partial charge in [0.25, 0.3) is 0 Å². The quantitative estimate of drug-likeness (QED) is 0.547. The Morgan fingerprint density at radius 3 is 2.81 bits per heavy atom. The van der Waals surface area contributed by atoms with E-state index in [1.54, 1.807) is 23.0 Å². The largest absolute Gasteiger partial charge is 0.465 e. The maximum absolute atomic E-state index is 11.8. The van der Waals surface area contributed by atoms with Crippen LogP contribution in [0.15, 0.2) is 48.7 Å². The lowest BCUT2D eigenvalue weighted by atomic mass is 10.1. The van der Waals surface area contributed by atoms with Crippen LogP contribution in [0.25, 0.3) is 21.8 Å². The van der Waals surface area contributed by atoms with E-state index < -0.39 is 5.97 Å². The fourth-order valence-corrected chi connectivity index (χ4v) is 3.17. The van der Waals surface area contributed by atoms with Crippen LogP contribution < -0.4 is 5.32 Å². The predicted octanol–water partition coefficient (Wildman–Crippen LogP) is 4.31. The average molecular weight is 367 g/mol. The lowest BCUT2D eigenvalue weighted by Crippen LogP contribution is -2.02. The maximum atomic E-state index is 11.8. The first-order chi connectivity index (χ1) is 12.6. The molecule has 0 radical (unpaired) electrons. The number of carbonyl (C=O) groups excluding carboxylic acids is 1. The molecular weight excluding hydrogens is 352 g/mol. The molecule has 26 heavy (non-hydrogen) atoms. The average Bonchev–Trinajstić information content (AvgIpc) is 3.03. The number of esters is 1. The van der Waals surface area contributed by atoms with E-state index in [1.807, 2.05) is 37.4 Å². The summed E-state index contributed by atoms with van der Waals surface area (Å²) in [6, 6.07) is 12.7. The number of fused-ring (bicyclic) bond motifs is 3. The Morgan fingerprint density at radius 1 is 1.19 bits per heavy atom. The second-order valence-corrected chi connectivity index (χ2v) is 6.29. The highest BCUT2D eigenvalue weighted by atomic mass is 35.5. The van der Waals surface area contributed by atoms with Crippen molar-refractivity contribution in [2.75, 3.05) is 12.4 Å². The highest BCUT2D eigenvalue weighted by Gasteiger charge is 2.15. The van der Waals surface area contributed by atoms with Crippen LogP contribution in [0.5, 0.6) is 0 Å². The second-order valence-electron chi connectivity index (χ2n) is 5.85. The number of aryl methyl sites for hydroxylation is 1. The molecule has 0 amide bonds. The van der Waals surface area contributed by atoms with Gasteiger partial charge in [-0.1, -0.05) is 23.7 Å². The molecule has 0 fully saturated rings. The fraction of sp³-hybridized carbons (Fsp3) is 0.105. The van der Waals surface area contributed by atoms with Crippen molar-refractivity contribution >= 4 is 50.9 Å². The van der Waals surface area contributed by atoms with E-state index in [2.05, 4.69) is 10.4 Å². The molecule has 0 bridgehead atoms. The smallest absolute Gasteiger partial charge is 0.337 e. The Kier molecular flexibility index (Phi) is 3.97. The van der Waals surface area contributed by atoms with Crippen LogP contribution in [-0.2, 0) is 11.8 Å². The number of benzene rings is 2. The number of carbonyl (C=O) groups is 1. The molecule has 0 aliphatic carbocycles. The van der Waals surface area contributed by atoms with E-state index >= 15 is 0 Å². The Labute approximate surface area is 154 Å². The summed E-state index contributed by atoms with van der Waals surface area (Å²) in [5.41, 5.74) is 2.81. The van der Waals surface area contributed by atoms with Crippen LogP contribution in [0.2, 0.25) is 5.02 Å². The standard InChI is InChI=1S/C19H15ClN4O2/c1-24-17-15(10-21-24)14-7-6-11(19(25)26-2)8-16(14)23-18(17)22-13-5-3-4-12(20)9-13/h3-10H,1-2H3,(H,22,23). The summed E-state index contributed by atoms with van der Waals surface area (Å²) >= 11 is 6.08. The minimum Gasteiger partial charge on any atom is -0.465 e. The Bertz CT molecular complexity index is 1150. The third-order valence-electron chi connectivity index (χ3n) is 4.19. The van der Waals surface area contributed by atoms with E-state index in [-0.39, 0.29) is 0 Å². The first-order valence-electron chi connectivity index (χ1n) is 7.93. The molecule has 0 aliphatic rings. The molecule has 2 heterocycles. The van der Waals surface area contributed by atoms with E-state index in [1.165, 1.54) is 7.11 Å². The second kappa shape index (κ2) is 6.31. The molecule has 0 unspecified atom stereocenters. The van der Waals surface area contributed by atoms with Crippen LogP contribution in [0.4, 0.5) is 11.5 Å². The number of rotatable bonds is 3. The lowest BCUT2D eigenvalue weighted by molar-refractivity contribution is 0.0601. The zero-order valence-corrected chi connectivity index (χ0v) is 14.9. The molecule has 7 heteroatoms. The summed E-state index contributed by atoms with van der Waals surface area (Å²) in [4.78, 5) is 16.6. The Hall–Kier alpha value is -3.12. The number of pyridine rings is 1. The summed E-state index contributed by atoms with van der Waals surface area (Å²) in [7, 11) is 3.22. The summed E-state index contributed by atoms with van der Waals surface area (Å²) < 4.78 is 6.57. The van der Waals surface area contributed by atoms with Gasteiger partial charge in [0.05, 0.1) is 24.4 Å². The third-order valence-corrected chi connectivity index (χ3v) is 4.43. The topological polar surface area (TPSA) is 69.0 Å². The van der Waals surface area contributed by atoms with E-state index in [9.17, 15) is 4.79 Å². The minimum absolute atomic E-state index is 0.399. The molecule has 6 nitrogen and oxygen atoms in total. The van der Waals surface area contributed by atoms with Gasteiger partial charge in [0, 0.05) is 28.5 Å². The number of aromatic nitrogens is 3. The molecule has 0 aliphatic heterocycles. The minimum atomic E-state index is -0.399. The maximum Gasteiger partial charge on any atom is 0.337 e. The molecule has 2 aromatic carbocycles. The molecule has 4 aromatic rings. The van der Waals surface area contributed by atoms with Gasteiger partial charge in [0.15, 0.2) is 5.82 Å². The molecule has 2 aromatic heterocycles. The molecule has 0 atom stereocenters. The zero-order valence-electron chi connectivity index (χ0n) is 14.2. The molecule has 130 valence electrons. The summed E-state index contributed by atoms with van der Waals surface area (Å²) in [5.74, 6) is 0.237. The van der Waals surface area contributed by atoms with Crippen LogP contribution >= 0.6 is 11.6 Å². The van der Waals surface area contributed by atoms with Gasteiger partial charge in [-0.2, -0.15) is 5.10 Å². The van der Waals surface area contributed by atoms with Crippen molar-refractivity contribution in [1.82, 2.24) is 14.8 Å². The highest BCUT2D eigenvalue weighted by molar-refractivity contribution is 6.30. The SMILES string of the molecule is COC(=O)c1ccc2c(c1)nc(Nc1cccc(Cl)c1)c1c2cnn1C. The monoisotopic (exact) mass is 366 g/mol. The van der Waals surface area contributed by atoms with Crippen molar-refractivity contribution in [1.29, 1.82) is 0 Å². The van der Waals surface area contributed by atoms with Crippen LogP contribution in [0.1, 0.15) is 10.4 Å². The fourth-order valence-electron chi connectivity index (χ4n) is 2.98. The van der Waals surface area contributed by atoms with Gasteiger partial charge in [0.2, 0.25) is 0 Å².